The molecule has 0 aliphatic heterocycles. The Morgan fingerprint density at radius 3 is 2.74 bits per heavy atom. The van der Waals surface area contributed by atoms with Crippen LogP contribution in [0.1, 0.15) is 19.3 Å². The van der Waals surface area contributed by atoms with E-state index < -0.39 is 0 Å². The number of nitrogens with zero attached hydrogens (tertiary/aromatic N) is 1. The van der Waals surface area contributed by atoms with Crippen molar-refractivity contribution in [2.24, 2.45) is 5.92 Å². The van der Waals surface area contributed by atoms with Crippen LogP contribution in [0.3, 0.4) is 0 Å². The van der Waals surface area contributed by atoms with Crippen molar-refractivity contribution in [3.8, 4) is 5.75 Å². The lowest BCUT2D eigenvalue weighted by Crippen LogP contribution is -2.11. The maximum absolute atomic E-state index is 10.9. The molecule has 143 valence electrons. The van der Waals surface area contributed by atoms with Crippen LogP contribution in [0.25, 0.3) is 21.8 Å². The summed E-state index contributed by atoms with van der Waals surface area (Å²) in [4.78, 5) is 4.72. The number of aromatic nitrogens is 1. The summed E-state index contributed by atoms with van der Waals surface area (Å²) < 4.78 is 5.37. The highest BCUT2D eigenvalue weighted by Gasteiger charge is 2.11. The molecule has 1 heterocycles. The molecule has 1 unspecified atom stereocenters. The number of nitrogens with one attached hydrogen (secondary N) is 1. The van der Waals surface area contributed by atoms with Crippen LogP contribution in [0.5, 0.6) is 5.75 Å². The van der Waals surface area contributed by atoms with E-state index in [-0.39, 0.29) is 19.1 Å². The zero-order valence-electron chi connectivity index (χ0n) is 15.4. The third-order valence-electron chi connectivity index (χ3n) is 4.78. The van der Waals surface area contributed by atoms with Gasteiger partial charge in [-0.1, -0.05) is 18.0 Å². The summed E-state index contributed by atoms with van der Waals surface area (Å²) in [5.74, 6) is 0.640. The van der Waals surface area contributed by atoms with Crippen molar-refractivity contribution in [3.63, 3.8) is 0 Å². The molecular weight excluding hydrogens is 364 g/mol. The highest BCUT2D eigenvalue weighted by Crippen LogP contribution is 2.34. The second-order valence-corrected chi connectivity index (χ2v) is 7.11. The number of fused-ring (bicyclic) bond motifs is 2. The Morgan fingerprint density at radius 1 is 1.15 bits per heavy atom. The van der Waals surface area contributed by atoms with Gasteiger partial charge in [0.25, 0.3) is 0 Å². The van der Waals surface area contributed by atoms with E-state index in [1.165, 1.54) is 0 Å². The fourth-order valence-corrected chi connectivity index (χ4v) is 3.38. The van der Waals surface area contributed by atoms with Gasteiger partial charge in [-0.25, -0.2) is 10.1 Å². The minimum Gasteiger partial charge on any atom is -0.497 e. The molecule has 3 rings (SSSR count). The Balaban J connectivity index is 1.86. The highest BCUT2D eigenvalue weighted by atomic mass is 35.5. The van der Waals surface area contributed by atoms with Crippen LogP contribution in [-0.2, 0) is 5.11 Å². The number of ether oxygens (including phenoxy) is 1. The van der Waals surface area contributed by atoms with Gasteiger partial charge in [0.05, 0.1) is 30.4 Å². The number of hydrogen-bond donors (Lipinski definition) is 2. The van der Waals surface area contributed by atoms with E-state index in [0.717, 1.165) is 59.0 Å². The van der Waals surface area contributed by atoms with Crippen LogP contribution >= 0.6 is 11.6 Å². The molecule has 1 atom stereocenters. The van der Waals surface area contributed by atoms with Crippen LogP contribution in [0.4, 0.5) is 5.69 Å². The van der Waals surface area contributed by atoms with Crippen LogP contribution < -0.4 is 10.1 Å². The molecule has 0 amide bonds. The molecule has 6 heteroatoms. The molecule has 0 aliphatic carbocycles. The van der Waals surface area contributed by atoms with E-state index >= 15 is 0 Å². The number of hydrogen-bond acceptors (Lipinski definition) is 4. The number of methoxy groups -OCH3 is 1. The second-order valence-electron chi connectivity index (χ2n) is 6.67. The molecule has 0 aliphatic rings. The third kappa shape index (κ3) is 4.61. The number of halogens is 1. The number of benzene rings is 2. The fraction of sp³-hybridized carbons (Fsp3) is 0.381. The number of anilines is 1. The summed E-state index contributed by atoms with van der Waals surface area (Å²) in [6, 6.07) is 11.5. The largest absolute Gasteiger partial charge is 0.497 e. The van der Waals surface area contributed by atoms with Gasteiger partial charge in [-0.05, 0) is 49.2 Å². The molecule has 5 nitrogen and oxygen atoms in total. The first-order chi connectivity index (χ1) is 13.2. The van der Waals surface area contributed by atoms with E-state index in [9.17, 15) is 5.11 Å². The van der Waals surface area contributed by atoms with Gasteiger partial charge in [0.2, 0.25) is 0 Å². The first kappa shape index (κ1) is 19.7. The maximum Gasteiger partial charge on any atom is 0.119 e. The molecule has 3 aromatic rings. The maximum atomic E-state index is 10.9. The number of aliphatic hydroxyl groups is 1. The predicted octanol–water partition coefficient (Wildman–Crippen LogP) is 4.67. The van der Waals surface area contributed by atoms with Gasteiger partial charge >= 0.3 is 0 Å². The molecule has 1 aromatic heterocycles. The van der Waals surface area contributed by atoms with Crippen molar-refractivity contribution < 1.29 is 14.9 Å². The molecule has 0 bridgehead atoms. The molecular formula is C21H24ClN2O3. The van der Waals surface area contributed by atoms with Crippen molar-refractivity contribution >= 4 is 39.1 Å². The number of pyridine rings is 1. The Hall–Kier alpha value is -2.08. The summed E-state index contributed by atoms with van der Waals surface area (Å²) in [7, 11) is 1.65. The van der Waals surface area contributed by atoms with Crippen molar-refractivity contribution in [2.45, 2.75) is 19.3 Å². The van der Waals surface area contributed by atoms with Gasteiger partial charge in [-0.15, -0.1) is 0 Å². The Kier molecular flexibility index (Phi) is 6.72. The van der Waals surface area contributed by atoms with Gasteiger partial charge < -0.3 is 15.2 Å². The van der Waals surface area contributed by atoms with Gasteiger partial charge in [-0.2, -0.15) is 0 Å². The SMILES string of the molecule is COc1ccc2nc3cc(Cl)ccc3c(NCCCCC(C[O])CO)c2c1. The molecule has 27 heavy (non-hydrogen) atoms. The lowest BCUT2D eigenvalue weighted by Gasteiger charge is -2.15. The zero-order chi connectivity index (χ0) is 19.2. The third-order valence-corrected chi connectivity index (χ3v) is 5.01. The number of rotatable bonds is 9. The van der Waals surface area contributed by atoms with Crippen LogP contribution in [0.2, 0.25) is 5.02 Å². The minimum absolute atomic E-state index is 0.0306. The minimum atomic E-state index is -0.218. The van der Waals surface area contributed by atoms with Crippen molar-refractivity contribution in [3.05, 3.63) is 41.4 Å². The summed E-state index contributed by atoms with van der Waals surface area (Å²) in [5, 5.41) is 26.2. The van der Waals surface area contributed by atoms with Crippen molar-refractivity contribution in [1.82, 2.24) is 4.98 Å². The average Bonchev–Trinajstić information content (AvgIpc) is 2.69. The monoisotopic (exact) mass is 387 g/mol. The molecule has 0 spiro atoms. The van der Waals surface area contributed by atoms with E-state index in [1.807, 2.05) is 36.4 Å². The Morgan fingerprint density at radius 2 is 2.00 bits per heavy atom. The summed E-state index contributed by atoms with van der Waals surface area (Å²) in [6.45, 7) is 0.520. The number of aliphatic hydroxyl groups excluding tert-OH is 1. The molecule has 2 aromatic carbocycles. The van der Waals surface area contributed by atoms with Crippen LogP contribution in [0, 0.1) is 5.92 Å². The van der Waals surface area contributed by atoms with E-state index in [2.05, 4.69) is 5.32 Å². The zero-order valence-corrected chi connectivity index (χ0v) is 16.1. The normalized spacial score (nSPS) is 11.4. The Labute approximate surface area is 163 Å². The lowest BCUT2D eigenvalue weighted by atomic mass is 10.0. The predicted molar refractivity (Wildman–Crippen MR) is 109 cm³/mol. The fourth-order valence-electron chi connectivity index (χ4n) is 3.21. The summed E-state index contributed by atoms with van der Waals surface area (Å²) in [5.41, 5.74) is 2.72. The highest BCUT2D eigenvalue weighted by molar-refractivity contribution is 6.31. The van der Waals surface area contributed by atoms with E-state index in [0.29, 0.717) is 5.02 Å². The first-order valence-electron chi connectivity index (χ1n) is 9.16. The molecule has 0 saturated carbocycles. The van der Waals surface area contributed by atoms with Gasteiger partial charge in [-0.3, -0.25) is 0 Å². The molecule has 0 fully saturated rings. The van der Waals surface area contributed by atoms with Crippen molar-refractivity contribution in [1.29, 1.82) is 0 Å². The smallest absolute Gasteiger partial charge is 0.119 e. The number of unbranched alkanes of at least 4 members (excludes halogenated alkanes) is 1. The lowest BCUT2D eigenvalue weighted by molar-refractivity contribution is 0.0951. The van der Waals surface area contributed by atoms with Gasteiger partial charge in [0.15, 0.2) is 0 Å². The van der Waals surface area contributed by atoms with Gasteiger partial charge in [0, 0.05) is 34.9 Å². The standard InChI is InChI=1S/C21H24ClN2O3/c1-27-16-6-8-19-18(11-16)21(17-7-5-15(22)10-20(17)24-19)23-9-3-2-4-14(12-25)13-26/h5-8,10-11,14,25H,2-4,9,12-13H2,1H3,(H,23,24). The summed E-state index contributed by atoms with van der Waals surface area (Å²) in [6.07, 6.45) is 2.57. The Bertz CT molecular complexity index is 913. The molecule has 2 N–H and O–H groups in total. The van der Waals surface area contributed by atoms with Crippen LogP contribution in [-0.4, -0.2) is 37.0 Å². The van der Waals surface area contributed by atoms with Crippen molar-refractivity contribution in [2.75, 3.05) is 32.2 Å². The summed E-state index contributed by atoms with van der Waals surface area (Å²) >= 11 is 6.15. The van der Waals surface area contributed by atoms with Gasteiger partial charge in [0.1, 0.15) is 5.75 Å². The second kappa shape index (κ2) is 9.22. The molecule has 1 radical (unpaired) electrons. The average molecular weight is 388 g/mol. The van der Waals surface area contributed by atoms with E-state index in [4.69, 9.17) is 26.4 Å². The first-order valence-corrected chi connectivity index (χ1v) is 9.54. The van der Waals surface area contributed by atoms with Crippen LogP contribution in [0.15, 0.2) is 36.4 Å². The topological polar surface area (TPSA) is 74.3 Å². The molecule has 0 saturated heterocycles. The quantitative estimate of drug-likeness (QED) is 0.413. The van der Waals surface area contributed by atoms with E-state index in [1.54, 1.807) is 7.11 Å².